The van der Waals surface area contributed by atoms with Crippen LogP contribution in [0.2, 0.25) is 24.7 Å². The summed E-state index contributed by atoms with van der Waals surface area (Å²) in [6.07, 6.45) is 0. The molecule has 0 saturated carbocycles. The molecule has 0 nitrogen and oxygen atoms in total. The first-order valence-corrected chi connectivity index (χ1v) is 7.56. The van der Waals surface area contributed by atoms with Gasteiger partial charge in [0.15, 0.2) is 0 Å². The van der Waals surface area contributed by atoms with Crippen LogP contribution in [0.4, 0.5) is 0 Å². The van der Waals surface area contributed by atoms with E-state index in [9.17, 15) is 0 Å². The van der Waals surface area contributed by atoms with Crippen LogP contribution in [-0.2, 0) is 0 Å². The molecule has 0 unspecified atom stereocenters. The lowest BCUT2D eigenvalue weighted by Crippen LogP contribution is -2.38. The zero-order valence-corrected chi connectivity index (χ0v) is 8.87. The standard InChI is InChI=1S/C9H12ClSi/c1-11(2,3)9-7-5-4-6-8(9)10/h4-5,7H,1-3H3. The second kappa shape index (κ2) is 3.00. The molecule has 0 N–H and O–H groups in total. The molecule has 1 rings (SSSR count). The van der Waals surface area contributed by atoms with Crippen molar-refractivity contribution in [3.63, 3.8) is 0 Å². The van der Waals surface area contributed by atoms with E-state index in [-0.39, 0.29) is 0 Å². The Bertz CT molecular complexity index is 250. The summed E-state index contributed by atoms with van der Waals surface area (Å²) in [5.41, 5.74) is 0. The molecule has 0 aromatic heterocycles. The van der Waals surface area contributed by atoms with Gasteiger partial charge in [-0.1, -0.05) is 49.4 Å². The number of hydrogen-bond donors (Lipinski definition) is 0. The highest BCUT2D eigenvalue weighted by Crippen LogP contribution is 2.10. The summed E-state index contributed by atoms with van der Waals surface area (Å²) >= 11 is 5.99. The minimum Gasteiger partial charge on any atom is -0.0838 e. The molecular weight excluding hydrogens is 172 g/mol. The summed E-state index contributed by atoms with van der Waals surface area (Å²) < 4.78 is 0. The molecule has 0 aliphatic carbocycles. The Hall–Kier alpha value is -0.273. The van der Waals surface area contributed by atoms with Crippen molar-refractivity contribution < 1.29 is 0 Å². The quantitative estimate of drug-likeness (QED) is 0.588. The molecule has 0 bridgehead atoms. The highest BCUT2D eigenvalue weighted by atomic mass is 35.5. The number of benzene rings is 1. The molecule has 0 heterocycles. The maximum atomic E-state index is 5.99. The molecule has 0 aliphatic heterocycles. The monoisotopic (exact) mass is 183 g/mol. The topological polar surface area (TPSA) is 0 Å². The lowest BCUT2D eigenvalue weighted by Gasteiger charge is -2.17. The van der Waals surface area contributed by atoms with Gasteiger partial charge in [-0.3, -0.25) is 0 Å². The smallest absolute Gasteiger partial charge is 0.0795 e. The third kappa shape index (κ3) is 2.08. The molecule has 0 fully saturated rings. The number of rotatable bonds is 1. The third-order valence-corrected chi connectivity index (χ3v) is 4.12. The maximum Gasteiger partial charge on any atom is 0.0795 e. The first-order valence-electron chi connectivity index (χ1n) is 3.68. The SMILES string of the molecule is C[Si](C)(C)c1ccc[c]c1Cl. The second-order valence-corrected chi connectivity index (χ2v) is 9.06. The van der Waals surface area contributed by atoms with Gasteiger partial charge in [0, 0.05) is 11.1 Å². The second-order valence-electron chi connectivity index (χ2n) is 3.65. The van der Waals surface area contributed by atoms with Gasteiger partial charge in [-0.25, -0.2) is 0 Å². The maximum absolute atomic E-state index is 5.99. The molecule has 0 saturated heterocycles. The van der Waals surface area contributed by atoms with Gasteiger partial charge in [0.25, 0.3) is 0 Å². The largest absolute Gasteiger partial charge is 0.0838 e. The average Bonchev–Trinajstić information content (AvgIpc) is 1.86. The van der Waals surface area contributed by atoms with Gasteiger partial charge in [0.2, 0.25) is 0 Å². The van der Waals surface area contributed by atoms with Crippen molar-refractivity contribution in [3.05, 3.63) is 29.3 Å². The third-order valence-electron chi connectivity index (χ3n) is 1.61. The van der Waals surface area contributed by atoms with Crippen LogP contribution >= 0.6 is 11.6 Å². The van der Waals surface area contributed by atoms with Crippen LogP contribution in [0.1, 0.15) is 0 Å². The Morgan fingerprint density at radius 1 is 1.36 bits per heavy atom. The number of hydrogen-bond acceptors (Lipinski definition) is 0. The van der Waals surface area contributed by atoms with Gasteiger partial charge in [0.1, 0.15) is 0 Å². The fourth-order valence-electron chi connectivity index (χ4n) is 0.996. The van der Waals surface area contributed by atoms with Crippen molar-refractivity contribution in [1.29, 1.82) is 0 Å². The van der Waals surface area contributed by atoms with E-state index in [2.05, 4.69) is 31.8 Å². The molecule has 0 amide bonds. The molecule has 1 aromatic rings. The molecule has 1 aromatic carbocycles. The van der Waals surface area contributed by atoms with Crippen molar-refractivity contribution in [2.45, 2.75) is 19.6 Å². The Balaban J connectivity index is 3.14. The average molecular weight is 184 g/mol. The van der Waals surface area contributed by atoms with Crippen molar-refractivity contribution >= 4 is 24.9 Å². The van der Waals surface area contributed by atoms with Crippen LogP contribution in [-0.4, -0.2) is 8.07 Å². The zero-order chi connectivity index (χ0) is 8.48. The molecule has 1 radical (unpaired) electrons. The van der Waals surface area contributed by atoms with Crippen LogP contribution in [0.15, 0.2) is 18.2 Å². The first-order chi connectivity index (χ1) is 5.02. The van der Waals surface area contributed by atoms with E-state index in [1.54, 1.807) is 0 Å². The van der Waals surface area contributed by atoms with Gasteiger partial charge < -0.3 is 0 Å². The normalized spacial score (nSPS) is 11.6. The molecule has 0 atom stereocenters. The lowest BCUT2D eigenvalue weighted by molar-refractivity contribution is 1.67. The van der Waals surface area contributed by atoms with E-state index in [1.807, 2.05) is 12.1 Å². The van der Waals surface area contributed by atoms with Crippen molar-refractivity contribution in [2.75, 3.05) is 0 Å². The highest BCUT2D eigenvalue weighted by molar-refractivity contribution is 6.90. The van der Waals surface area contributed by atoms with Crippen molar-refractivity contribution in [1.82, 2.24) is 0 Å². The molecule has 0 aliphatic rings. The van der Waals surface area contributed by atoms with Crippen LogP contribution in [0.25, 0.3) is 0 Å². The van der Waals surface area contributed by atoms with Crippen LogP contribution in [0.5, 0.6) is 0 Å². The first kappa shape index (κ1) is 8.82. The Labute approximate surface area is 74.2 Å². The van der Waals surface area contributed by atoms with E-state index < -0.39 is 8.07 Å². The molecule has 11 heavy (non-hydrogen) atoms. The van der Waals surface area contributed by atoms with Crippen molar-refractivity contribution in [2.24, 2.45) is 0 Å². The minimum atomic E-state index is -1.24. The molecular formula is C9H12ClSi. The summed E-state index contributed by atoms with van der Waals surface area (Å²) in [7, 11) is -1.24. The van der Waals surface area contributed by atoms with E-state index >= 15 is 0 Å². The van der Waals surface area contributed by atoms with Gasteiger partial charge in [-0.2, -0.15) is 0 Å². The summed E-state index contributed by atoms with van der Waals surface area (Å²) in [6, 6.07) is 8.96. The molecule has 59 valence electrons. The molecule has 2 heteroatoms. The van der Waals surface area contributed by atoms with E-state index in [1.165, 1.54) is 5.19 Å². The number of halogens is 1. The Morgan fingerprint density at radius 3 is 2.36 bits per heavy atom. The lowest BCUT2D eigenvalue weighted by atomic mass is 10.4. The van der Waals surface area contributed by atoms with Gasteiger partial charge in [-0.05, 0) is 5.19 Å². The van der Waals surface area contributed by atoms with E-state index in [0.29, 0.717) is 0 Å². The van der Waals surface area contributed by atoms with Crippen LogP contribution < -0.4 is 5.19 Å². The van der Waals surface area contributed by atoms with Crippen molar-refractivity contribution in [3.8, 4) is 0 Å². The Kier molecular flexibility index (Phi) is 2.40. The summed E-state index contributed by atoms with van der Waals surface area (Å²) in [6.45, 7) is 6.84. The summed E-state index contributed by atoms with van der Waals surface area (Å²) in [5.74, 6) is 0. The fraction of sp³-hybridized carbons (Fsp3) is 0.333. The van der Waals surface area contributed by atoms with Gasteiger partial charge >= 0.3 is 0 Å². The predicted molar refractivity (Wildman–Crippen MR) is 53.3 cm³/mol. The highest BCUT2D eigenvalue weighted by Gasteiger charge is 2.18. The fourth-order valence-corrected chi connectivity index (χ4v) is 3.30. The molecule has 0 spiro atoms. The summed E-state index contributed by atoms with van der Waals surface area (Å²) in [4.78, 5) is 0. The van der Waals surface area contributed by atoms with Gasteiger partial charge in [-0.15, -0.1) is 0 Å². The minimum absolute atomic E-state index is 0.798. The summed E-state index contributed by atoms with van der Waals surface area (Å²) in [5, 5.41) is 2.09. The Morgan fingerprint density at radius 2 is 2.00 bits per heavy atom. The van der Waals surface area contributed by atoms with Gasteiger partial charge in [0.05, 0.1) is 8.07 Å². The zero-order valence-electron chi connectivity index (χ0n) is 7.11. The van der Waals surface area contributed by atoms with Crippen LogP contribution in [0.3, 0.4) is 0 Å². The van der Waals surface area contributed by atoms with E-state index in [0.717, 1.165) is 5.02 Å². The predicted octanol–water partition coefficient (Wildman–Crippen LogP) is 2.69. The van der Waals surface area contributed by atoms with Crippen LogP contribution in [0, 0.1) is 6.07 Å². The van der Waals surface area contributed by atoms with E-state index in [4.69, 9.17) is 11.6 Å².